The minimum Gasteiger partial charge on any atom is -0.372 e. The molecule has 1 atom stereocenters. The van der Waals surface area contributed by atoms with Gasteiger partial charge < -0.3 is 10.1 Å². The largest absolute Gasteiger partial charge is 0.372 e. The number of urea groups is 1. The lowest BCUT2D eigenvalue weighted by atomic mass is 10.1. The predicted octanol–water partition coefficient (Wildman–Crippen LogP) is 2.32. The van der Waals surface area contributed by atoms with Gasteiger partial charge in [-0.1, -0.05) is 30.3 Å². The second-order valence-electron chi connectivity index (χ2n) is 4.53. The number of benzene rings is 1. The van der Waals surface area contributed by atoms with Crippen molar-refractivity contribution in [3.63, 3.8) is 0 Å². The highest BCUT2D eigenvalue weighted by Crippen LogP contribution is 2.16. The van der Waals surface area contributed by atoms with Crippen LogP contribution in [0.3, 0.4) is 0 Å². The van der Waals surface area contributed by atoms with Crippen LogP contribution >= 0.6 is 0 Å². The smallest absolute Gasteiger partial charge is 0.320 e. The summed E-state index contributed by atoms with van der Waals surface area (Å²) in [7, 11) is 1.77. The predicted molar refractivity (Wildman–Crippen MR) is 81.0 cm³/mol. The highest BCUT2D eigenvalue weighted by atomic mass is 16.5. The number of amides is 2. The fourth-order valence-corrected chi connectivity index (χ4v) is 1.98. The number of carbonyl (C=O) groups excluding carboxylic acids is 1. The molecule has 1 aromatic carbocycles. The zero-order chi connectivity index (χ0) is 15.1. The summed E-state index contributed by atoms with van der Waals surface area (Å²) in [5, 5.41) is 9.54. The molecule has 0 fully saturated rings. The van der Waals surface area contributed by atoms with E-state index < -0.39 is 0 Å². The van der Waals surface area contributed by atoms with Gasteiger partial charge in [-0.05, 0) is 12.5 Å². The standard InChI is InChI=1S/C15H20N4O2/c1-3-21-13(12-7-5-4-6-8-12)11-16-15(20)18-14-9-10-17-19(14)2/h4-10,13H,3,11H2,1-2H3,(H2,16,18,20)/t13-/m1/s1. The second-order valence-corrected chi connectivity index (χ2v) is 4.53. The third-order valence-electron chi connectivity index (χ3n) is 3.05. The van der Waals surface area contributed by atoms with Crippen molar-refractivity contribution in [2.45, 2.75) is 13.0 Å². The van der Waals surface area contributed by atoms with Gasteiger partial charge in [-0.15, -0.1) is 0 Å². The quantitative estimate of drug-likeness (QED) is 0.857. The SMILES string of the molecule is CCO[C@H](CNC(=O)Nc1ccnn1C)c1ccccc1. The molecule has 0 bridgehead atoms. The van der Waals surface area contributed by atoms with Crippen LogP contribution in [-0.4, -0.2) is 29.0 Å². The summed E-state index contributed by atoms with van der Waals surface area (Å²) in [6.07, 6.45) is 1.47. The van der Waals surface area contributed by atoms with Gasteiger partial charge in [0.1, 0.15) is 5.82 Å². The number of hydrogen-bond acceptors (Lipinski definition) is 3. The molecule has 2 rings (SSSR count). The Hall–Kier alpha value is -2.34. The van der Waals surface area contributed by atoms with Crippen molar-refractivity contribution < 1.29 is 9.53 Å². The highest BCUT2D eigenvalue weighted by molar-refractivity contribution is 5.88. The molecule has 0 saturated heterocycles. The maximum Gasteiger partial charge on any atom is 0.320 e. The number of carbonyl (C=O) groups is 1. The molecule has 21 heavy (non-hydrogen) atoms. The highest BCUT2D eigenvalue weighted by Gasteiger charge is 2.13. The Morgan fingerprint density at radius 2 is 2.10 bits per heavy atom. The number of rotatable bonds is 6. The molecule has 1 aromatic heterocycles. The molecule has 0 saturated carbocycles. The third kappa shape index (κ3) is 4.32. The number of hydrogen-bond donors (Lipinski definition) is 2. The van der Waals surface area contributed by atoms with E-state index in [-0.39, 0.29) is 12.1 Å². The minimum atomic E-state index is -0.278. The van der Waals surface area contributed by atoms with E-state index in [2.05, 4.69) is 15.7 Å². The molecule has 6 heteroatoms. The molecule has 112 valence electrons. The zero-order valence-corrected chi connectivity index (χ0v) is 12.2. The number of ether oxygens (including phenoxy) is 1. The van der Waals surface area contributed by atoms with Crippen LogP contribution in [0.15, 0.2) is 42.6 Å². The first kappa shape index (κ1) is 15.1. The van der Waals surface area contributed by atoms with E-state index in [1.54, 1.807) is 24.0 Å². The van der Waals surface area contributed by atoms with Crippen molar-refractivity contribution in [3.05, 3.63) is 48.2 Å². The van der Waals surface area contributed by atoms with Gasteiger partial charge in [-0.25, -0.2) is 4.79 Å². The molecular weight excluding hydrogens is 268 g/mol. The van der Waals surface area contributed by atoms with Crippen molar-refractivity contribution in [3.8, 4) is 0 Å². The van der Waals surface area contributed by atoms with E-state index in [0.717, 1.165) is 5.56 Å². The van der Waals surface area contributed by atoms with Crippen LogP contribution in [0.5, 0.6) is 0 Å². The summed E-state index contributed by atoms with van der Waals surface area (Å²) in [6.45, 7) is 2.93. The van der Waals surface area contributed by atoms with Crippen LogP contribution in [0.2, 0.25) is 0 Å². The molecule has 0 aliphatic heterocycles. The molecule has 6 nitrogen and oxygen atoms in total. The molecule has 0 unspecified atom stereocenters. The molecule has 0 spiro atoms. The summed E-state index contributed by atoms with van der Waals surface area (Å²) >= 11 is 0. The van der Waals surface area contributed by atoms with E-state index in [1.165, 1.54) is 0 Å². The van der Waals surface area contributed by atoms with E-state index in [1.807, 2.05) is 37.3 Å². The number of aryl methyl sites for hydroxylation is 1. The molecule has 2 aromatic rings. The number of nitrogens with one attached hydrogen (secondary N) is 2. The Kier molecular flexibility index (Phi) is 5.34. The minimum absolute atomic E-state index is 0.159. The van der Waals surface area contributed by atoms with Gasteiger partial charge in [-0.3, -0.25) is 10.00 Å². The van der Waals surface area contributed by atoms with Crippen LogP contribution in [-0.2, 0) is 11.8 Å². The zero-order valence-electron chi connectivity index (χ0n) is 12.2. The third-order valence-corrected chi connectivity index (χ3v) is 3.05. The van der Waals surface area contributed by atoms with E-state index in [0.29, 0.717) is 19.0 Å². The van der Waals surface area contributed by atoms with Crippen LogP contribution in [0.25, 0.3) is 0 Å². The summed E-state index contributed by atoms with van der Waals surface area (Å²) in [5.74, 6) is 0.639. The summed E-state index contributed by atoms with van der Waals surface area (Å²) in [6, 6.07) is 11.3. The normalized spacial score (nSPS) is 11.9. The van der Waals surface area contributed by atoms with Gasteiger partial charge in [0.2, 0.25) is 0 Å². The molecule has 1 heterocycles. The lowest BCUT2D eigenvalue weighted by Crippen LogP contribution is -2.33. The van der Waals surface area contributed by atoms with Crippen LogP contribution in [0.4, 0.5) is 10.6 Å². The summed E-state index contributed by atoms with van der Waals surface area (Å²) in [5.41, 5.74) is 1.04. The lowest BCUT2D eigenvalue weighted by Gasteiger charge is -2.18. The summed E-state index contributed by atoms with van der Waals surface area (Å²) in [4.78, 5) is 11.9. The number of nitrogens with zero attached hydrogens (tertiary/aromatic N) is 2. The Morgan fingerprint density at radius 3 is 2.71 bits per heavy atom. The molecular formula is C15H20N4O2. The maximum atomic E-state index is 11.9. The van der Waals surface area contributed by atoms with E-state index >= 15 is 0 Å². The monoisotopic (exact) mass is 288 g/mol. The van der Waals surface area contributed by atoms with Crippen molar-refractivity contribution in [1.82, 2.24) is 15.1 Å². The van der Waals surface area contributed by atoms with Crippen LogP contribution in [0.1, 0.15) is 18.6 Å². The second kappa shape index (κ2) is 7.44. The van der Waals surface area contributed by atoms with Crippen molar-refractivity contribution >= 4 is 11.8 Å². The maximum absolute atomic E-state index is 11.9. The van der Waals surface area contributed by atoms with E-state index in [9.17, 15) is 4.79 Å². The Bertz CT molecular complexity index is 568. The van der Waals surface area contributed by atoms with Gasteiger partial charge in [0.25, 0.3) is 0 Å². The average molecular weight is 288 g/mol. The number of anilines is 1. The fraction of sp³-hybridized carbons (Fsp3) is 0.333. The first-order valence-electron chi connectivity index (χ1n) is 6.90. The van der Waals surface area contributed by atoms with Crippen LogP contribution in [0, 0.1) is 0 Å². The topological polar surface area (TPSA) is 68.2 Å². The molecule has 0 aliphatic rings. The van der Waals surface area contributed by atoms with Gasteiger partial charge in [-0.2, -0.15) is 5.10 Å². The first-order chi connectivity index (χ1) is 10.2. The van der Waals surface area contributed by atoms with Crippen molar-refractivity contribution in [2.75, 3.05) is 18.5 Å². The van der Waals surface area contributed by atoms with Gasteiger partial charge in [0, 0.05) is 26.3 Å². The fourth-order valence-electron chi connectivity index (χ4n) is 1.98. The van der Waals surface area contributed by atoms with Gasteiger partial charge >= 0.3 is 6.03 Å². The molecule has 2 N–H and O–H groups in total. The Balaban J connectivity index is 1.90. The Labute approximate surface area is 124 Å². The van der Waals surface area contributed by atoms with Crippen LogP contribution < -0.4 is 10.6 Å². The average Bonchev–Trinajstić information content (AvgIpc) is 2.89. The molecule has 0 radical (unpaired) electrons. The van der Waals surface area contributed by atoms with Gasteiger partial charge in [0.05, 0.1) is 12.3 Å². The Morgan fingerprint density at radius 1 is 1.33 bits per heavy atom. The number of aromatic nitrogens is 2. The molecule has 2 amide bonds. The summed E-state index contributed by atoms with van der Waals surface area (Å²) < 4.78 is 7.27. The van der Waals surface area contributed by atoms with Crippen molar-refractivity contribution in [1.29, 1.82) is 0 Å². The molecule has 0 aliphatic carbocycles. The van der Waals surface area contributed by atoms with E-state index in [4.69, 9.17) is 4.74 Å². The first-order valence-corrected chi connectivity index (χ1v) is 6.90. The van der Waals surface area contributed by atoms with Crippen molar-refractivity contribution in [2.24, 2.45) is 7.05 Å². The van der Waals surface area contributed by atoms with Gasteiger partial charge in [0.15, 0.2) is 0 Å². The lowest BCUT2D eigenvalue weighted by molar-refractivity contribution is 0.0643.